The number of nitrogens with zero attached hydrogens (tertiary/aromatic N) is 4. The first kappa shape index (κ1) is 22.7. The third kappa shape index (κ3) is 4.11. The molecule has 1 saturated heterocycles. The molecule has 6 nitrogen and oxygen atoms in total. The molecule has 6 rings (SSSR count). The molecule has 0 aliphatic carbocycles. The van der Waals surface area contributed by atoms with Crippen LogP contribution in [0.5, 0.6) is 0 Å². The fraction of sp³-hybridized carbons (Fsp3) is 0.286. The Hall–Kier alpha value is -3.78. The zero-order valence-corrected chi connectivity index (χ0v) is 20.0. The van der Waals surface area contributed by atoms with Gasteiger partial charge in [0, 0.05) is 41.9 Å². The highest BCUT2D eigenvalue weighted by Crippen LogP contribution is 2.31. The van der Waals surface area contributed by atoms with Gasteiger partial charge >= 0.3 is 0 Å². The summed E-state index contributed by atoms with van der Waals surface area (Å²) in [6.45, 7) is 5.00. The van der Waals surface area contributed by atoms with E-state index < -0.39 is 5.92 Å². The number of hydrogen-bond donors (Lipinski definition) is 0. The van der Waals surface area contributed by atoms with Gasteiger partial charge in [-0.3, -0.25) is 14.0 Å². The van der Waals surface area contributed by atoms with Crippen molar-refractivity contribution >= 4 is 21.9 Å². The third-order valence-corrected chi connectivity index (χ3v) is 6.99. The Morgan fingerprint density at radius 1 is 1.00 bits per heavy atom. The van der Waals surface area contributed by atoms with Crippen LogP contribution in [0, 0.1) is 0 Å². The van der Waals surface area contributed by atoms with E-state index in [1.54, 1.807) is 35.0 Å². The number of alkyl halides is 2. The van der Waals surface area contributed by atoms with Crippen molar-refractivity contribution in [3.63, 3.8) is 0 Å². The molecular weight excluding hydrogens is 462 g/mol. The zero-order chi connectivity index (χ0) is 24.9. The van der Waals surface area contributed by atoms with Crippen LogP contribution < -0.4 is 5.56 Å². The summed E-state index contributed by atoms with van der Waals surface area (Å²) in [5.41, 5.74) is 2.59. The molecular formula is C28H26F2N4O2. The minimum absolute atomic E-state index is 0.0699. The number of halogens is 2. The van der Waals surface area contributed by atoms with E-state index >= 15 is 0 Å². The molecule has 2 aromatic carbocycles. The smallest absolute Gasteiger partial charge is 0.270 e. The molecule has 0 N–H and O–H groups in total. The van der Waals surface area contributed by atoms with E-state index in [4.69, 9.17) is 4.42 Å². The molecule has 0 atom stereocenters. The Balaban J connectivity index is 1.30. The van der Waals surface area contributed by atoms with Gasteiger partial charge in [-0.1, -0.05) is 24.3 Å². The van der Waals surface area contributed by atoms with E-state index in [0.29, 0.717) is 22.3 Å². The number of hydrogen-bond acceptors (Lipinski definition) is 4. The second kappa shape index (κ2) is 8.71. The fourth-order valence-corrected chi connectivity index (χ4v) is 4.95. The summed E-state index contributed by atoms with van der Waals surface area (Å²) in [7, 11) is 0. The maximum atomic E-state index is 13.5. The van der Waals surface area contributed by atoms with Crippen LogP contribution in [0.2, 0.25) is 0 Å². The average molecular weight is 489 g/mol. The van der Waals surface area contributed by atoms with Gasteiger partial charge in [-0.15, -0.1) is 0 Å². The SMILES string of the molecule is CC(F)(F)c1ccc(-c2cc3c(=O)n(-c4ccc5c(cnn5CCN5CCCC5)c4)ccc3o2)cc1. The van der Waals surface area contributed by atoms with Gasteiger partial charge in [0.05, 0.1) is 23.6 Å². The lowest BCUT2D eigenvalue weighted by Gasteiger charge is -2.14. The lowest BCUT2D eigenvalue weighted by atomic mass is 10.1. The second-order valence-corrected chi connectivity index (χ2v) is 9.50. The number of aromatic nitrogens is 3. The van der Waals surface area contributed by atoms with Crippen molar-refractivity contribution in [3.05, 3.63) is 82.9 Å². The van der Waals surface area contributed by atoms with Crippen molar-refractivity contribution < 1.29 is 13.2 Å². The predicted octanol–water partition coefficient (Wildman–Crippen LogP) is 5.81. The Morgan fingerprint density at radius 2 is 1.78 bits per heavy atom. The predicted molar refractivity (Wildman–Crippen MR) is 136 cm³/mol. The number of likely N-dealkylation sites (tertiary alicyclic amines) is 1. The van der Waals surface area contributed by atoms with Gasteiger partial charge in [0.15, 0.2) is 0 Å². The van der Waals surface area contributed by atoms with E-state index in [9.17, 15) is 13.6 Å². The quantitative estimate of drug-likeness (QED) is 0.303. The third-order valence-electron chi connectivity index (χ3n) is 6.99. The van der Waals surface area contributed by atoms with E-state index in [1.165, 1.54) is 25.0 Å². The Labute approximate surface area is 206 Å². The van der Waals surface area contributed by atoms with Gasteiger partial charge in [0.1, 0.15) is 11.3 Å². The summed E-state index contributed by atoms with van der Waals surface area (Å²) in [6.07, 6.45) is 6.07. The monoisotopic (exact) mass is 488 g/mol. The van der Waals surface area contributed by atoms with Crippen molar-refractivity contribution in [3.8, 4) is 17.0 Å². The maximum Gasteiger partial charge on any atom is 0.270 e. The van der Waals surface area contributed by atoms with Crippen LogP contribution in [0.1, 0.15) is 25.3 Å². The standard InChI is InChI=1S/C28H26F2N4O2/c1-28(29,30)21-6-4-19(5-7-21)26-17-23-25(36-26)10-13-33(27(23)35)22-8-9-24-20(16-22)18-31-34(24)15-14-32-11-2-3-12-32/h4-10,13,16-18H,2-3,11-12,14-15H2,1H3. The van der Waals surface area contributed by atoms with Gasteiger partial charge in [0.2, 0.25) is 0 Å². The van der Waals surface area contributed by atoms with E-state index in [1.807, 2.05) is 29.1 Å². The molecule has 0 radical (unpaired) electrons. The summed E-state index contributed by atoms with van der Waals surface area (Å²) in [5, 5.41) is 5.97. The molecule has 0 bridgehead atoms. The van der Waals surface area contributed by atoms with Crippen molar-refractivity contribution in [1.29, 1.82) is 0 Å². The first-order valence-electron chi connectivity index (χ1n) is 12.2. The molecule has 5 aromatic rings. The van der Waals surface area contributed by atoms with Crippen molar-refractivity contribution in [2.75, 3.05) is 19.6 Å². The van der Waals surface area contributed by atoms with Gasteiger partial charge in [0.25, 0.3) is 11.5 Å². The van der Waals surface area contributed by atoms with Crippen molar-refractivity contribution in [1.82, 2.24) is 19.2 Å². The summed E-state index contributed by atoms with van der Waals surface area (Å²) in [6, 6.07) is 15.2. The molecule has 8 heteroatoms. The first-order valence-corrected chi connectivity index (χ1v) is 12.2. The topological polar surface area (TPSA) is 56.2 Å². The largest absolute Gasteiger partial charge is 0.456 e. The molecule has 0 amide bonds. The minimum Gasteiger partial charge on any atom is -0.456 e. The van der Waals surface area contributed by atoms with Crippen LogP contribution in [0.3, 0.4) is 0 Å². The van der Waals surface area contributed by atoms with Crippen LogP contribution in [0.15, 0.2) is 76.2 Å². The van der Waals surface area contributed by atoms with Crippen LogP contribution in [0.4, 0.5) is 8.78 Å². The van der Waals surface area contributed by atoms with Crippen molar-refractivity contribution in [2.24, 2.45) is 0 Å². The summed E-state index contributed by atoms with van der Waals surface area (Å²) in [4.78, 5) is 15.8. The molecule has 36 heavy (non-hydrogen) atoms. The molecule has 0 saturated carbocycles. The van der Waals surface area contributed by atoms with Crippen LogP contribution >= 0.6 is 0 Å². The molecule has 3 aromatic heterocycles. The molecule has 1 aliphatic heterocycles. The highest BCUT2D eigenvalue weighted by molar-refractivity contribution is 5.83. The number of pyridine rings is 1. The lowest BCUT2D eigenvalue weighted by molar-refractivity contribution is 0.0175. The van der Waals surface area contributed by atoms with Gasteiger partial charge < -0.3 is 9.32 Å². The van der Waals surface area contributed by atoms with E-state index in [0.717, 1.165) is 49.7 Å². The molecule has 0 unspecified atom stereocenters. The van der Waals surface area contributed by atoms with E-state index in [-0.39, 0.29) is 11.1 Å². The summed E-state index contributed by atoms with van der Waals surface area (Å²) >= 11 is 0. The fourth-order valence-electron chi connectivity index (χ4n) is 4.95. The van der Waals surface area contributed by atoms with Crippen LogP contribution in [-0.2, 0) is 12.5 Å². The summed E-state index contributed by atoms with van der Waals surface area (Å²) < 4.78 is 36.6. The zero-order valence-electron chi connectivity index (χ0n) is 20.0. The number of rotatable bonds is 6. The highest BCUT2D eigenvalue weighted by atomic mass is 19.3. The van der Waals surface area contributed by atoms with Gasteiger partial charge in [-0.25, -0.2) is 8.78 Å². The van der Waals surface area contributed by atoms with Crippen LogP contribution in [-0.4, -0.2) is 38.9 Å². The highest BCUT2D eigenvalue weighted by Gasteiger charge is 2.24. The van der Waals surface area contributed by atoms with Gasteiger partial charge in [-0.2, -0.15) is 5.10 Å². The number of fused-ring (bicyclic) bond motifs is 2. The van der Waals surface area contributed by atoms with Crippen molar-refractivity contribution in [2.45, 2.75) is 32.2 Å². The van der Waals surface area contributed by atoms with Gasteiger partial charge in [-0.05, 0) is 56.3 Å². The maximum absolute atomic E-state index is 13.5. The Bertz CT molecular complexity index is 1600. The second-order valence-electron chi connectivity index (χ2n) is 9.50. The average Bonchev–Trinajstić information content (AvgIpc) is 3.62. The lowest BCUT2D eigenvalue weighted by Crippen LogP contribution is -2.24. The summed E-state index contributed by atoms with van der Waals surface area (Å²) in [5.74, 6) is -2.45. The Kier molecular flexibility index (Phi) is 5.48. The first-order chi connectivity index (χ1) is 17.4. The number of furan rings is 1. The van der Waals surface area contributed by atoms with E-state index in [2.05, 4.69) is 10.00 Å². The molecule has 184 valence electrons. The van der Waals surface area contributed by atoms with Crippen LogP contribution in [0.25, 0.3) is 38.9 Å². The molecule has 0 spiro atoms. The minimum atomic E-state index is -2.91. The molecule has 1 aliphatic rings. The normalized spacial score (nSPS) is 14.9. The molecule has 1 fully saturated rings. The number of benzene rings is 2. The Morgan fingerprint density at radius 3 is 2.53 bits per heavy atom. The molecule has 4 heterocycles.